The van der Waals surface area contributed by atoms with Crippen molar-refractivity contribution in [1.29, 1.82) is 0 Å². The third kappa shape index (κ3) is 6.51. The van der Waals surface area contributed by atoms with E-state index in [0.29, 0.717) is 0 Å². The lowest BCUT2D eigenvalue weighted by Gasteiger charge is -2.35. The Balaban J connectivity index is 1.54. The number of rotatable bonds is 10. The molecule has 3 rings (SSSR count). The molecule has 1 aromatic carbocycles. The van der Waals surface area contributed by atoms with E-state index >= 15 is 0 Å². The summed E-state index contributed by atoms with van der Waals surface area (Å²) in [4.78, 5) is 7.39. The van der Waals surface area contributed by atoms with Gasteiger partial charge >= 0.3 is 0 Å². The number of guanidine groups is 1. The third-order valence-corrected chi connectivity index (χ3v) is 6.99. The fourth-order valence-electron chi connectivity index (χ4n) is 5.08. The molecule has 0 amide bonds. The van der Waals surface area contributed by atoms with Crippen LogP contribution >= 0.6 is 0 Å². The van der Waals surface area contributed by atoms with Crippen molar-refractivity contribution in [2.45, 2.75) is 58.4 Å². The summed E-state index contributed by atoms with van der Waals surface area (Å²) in [5.74, 6) is 2.50. The molecule has 1 saturated carbocycles. The Morgan fingerprint density at radius 3 is 2.47 bits per heavy atom. The highest BCUT2D eigenvalue weighted by atomic mass is 16.5. The summed E-state index contributed by atoms with van der Waals surface area (Å²) in [7, 11) is 3.38. The van der Waals surface area contributed by atoms with Crippen LogP contribution in [-0.2, 0) is 13.0 Å². The number of fused-ring (bicyclic) bond motifs is 1. The van der Waals surface area contributed by atoms with Gasteiger partial charge < -0.3 is 25.2 Å². The van der Waals surface area contributed by atoms with Crippen LogP contribution in [0, 0.1) is 5.41 Å². The minimum Gasteiger partial charge on any atom is -0.493 e. The van der Waals surface area contributed by atoms with Crippen LogP contribution in [0.4, 0.5) is 0 Å². The molecule has 32 heavy (non-hydrogen) atoms. The molecular weight excluding hydrogens is 404 g/mol. The van der Waals surface area contributed by atoms with Crippen LogP contribution in [0.3, 0.4) is 0 Å². The first kappa shape index (κ1) is 24.6. The first-order valence-corrected chi connectivity index (χ1v) is 12.2. The van der Waals surface area contributed by atoms with Crippen molar-refractivity contribution >= 4 is 5.96 Å². The molecule has 1 heterocycles. The summed E-state index contributed by atoms with van der Waals surface area (Å²) >= 11 is 0. The Bertz CT molecular complexity index is 741. The molecule has 180 valence electrons. The van der Waals surface area contributed by atoms with Gasteiger partial charge in [-0.3, -0.25) is 9.89 Å². The number of hydrogen-bond acceptors (Lipinski definition) is 5. The van der Waals surface area contributed by atoms with Gasteiger partial charge in [-0.15, -0.1) is 0 Å². The number of nitrogens with zero attached hydrogens (tertiary/aromatic N) is 2. The van der Waals surface area contributed by atoms with E-state index in [9.17, 15) is 5.11 Å². The SMILES string of the molecule is CCNC(=NCC1(CCO)CCCCC1)NCCN1CCc2cc(OC)c(OC)cc2C1. The number of ether oxygens (including phenoxy) is 2. The van der Waals surface area contributed by atoms with Crippen LogP contribution in [0.2, 0.25) is 0 Å². The fraction of sp³-hybridized carbons (Fsp3) is 0.720. The zero-order valence-corrected chi connectivity index (χ0v) is 20.2. The van der Waals surface area contributed by atoms with Crippen molar-refractivity contribution in [2.24, 2.45) is 10.4 Å². The highest BCUT2D eigenvalue weighted by Crippen LogP contribution is 2.39. The minimum atomic E-state index is 0.173. The van der Waals surface area contributed by atoms with Gasteiger partial charge in [-0.05, 0) is 61.3 Å². The maximum atomic E-state index is 9.57. The fourth-order valence-corrected chi connectivity index (χ4v) is 5.08. The summed E-state index contributed by atoms with van der Waals surface area (Å²) in [6, 6.07) is 4.23. The first-order chi connectivity index (χ1) is 15.6. The zero-order valence-electron chi connectivity index (χ0n) is 20.2. The Morgan fingerprint density at radius 1 is 1.09 bits per heavy atom. The molecule has 0 radical (unpaired) electrons. The van der Waals surface area contributed by atoms with E-state index in [1.54, 1.807) is 14.2 Å². The maximum Gasteiger partial charge on any atom is 0.191 e. The van der Waals surface area contributed by atoms with Crippen LogP contribution in [0.5, 0.6) is 11.5 Å². The Hall–Kier alpha value is -1.99. The van der Waals surface area contributed by atoms with E-state index < -0.39 is 0 Å². The van der Waals surface area contributed by atoms with Crippen molar-refractivity contribution in [3.63, 3.8) is 0 Å². The lowest BCUT2D eigenvalue weighted by molar-refractivity contribution is 0.137. The Labute approximate surface area is 193 Å². The van der Waals surface area contributed by atoms with E-state index in [1.807, 2.05) is 0 Å². The van der Waals surface area contributed by atoms with Gasteiger partial charge in [0, 0.05) is 45.9 Å². The second-order valence-corrected chi connectivity index (χ2v) is 9.16. The van der Waals surface area contributed by atoms with E-state index in [4.69, 9.17) is 14.5 Å². The predicted molar refractivity (Wildman–Crippen MR) is 130 cm³/mol. The van der Waals surface area contributed by atoms with Crippen molar-refractivity contribution in [3.05, 3.63) is 23.3 Å². The van der Waals surface area contributed by atoms with E-state index in [1.165, 1.54) is 43.2 Å². The summed E-state index contributed by atoms with van der Waals surface area (Å²) < 4.78 is 10.9. The molecule has 0 saturated heterocycles. The van der Waals surface area contributed by atoms with Crippen LogP contribution in [0.15, 0.2) is 17.1 Å². The summed E-state index contributed by atoms with van der Waals surface area (Å²) in [6.07, 6.45) is 8.06. The molecule has 0 bridgehead atoms. The molecule has 1 aliphatic carbocycles. The zero-order chi connectivity index (χ0) is 22.8. The van der Waals surface area contributed by atoms with Gasteiger partial charge in [-0.1, -0.05) is 19.3 Å². The van der Waals surface area contributed by atoms with Crippen molar-refractivity contribution in [2.75, 3.05) is 53.6 Å². The van der Waals surface area contributed by atoms with Gasteiger partial charge in [0.15, 0.2) is 17.5 Å². The third-order valence-electron chi connectivity index (χ3n) is 6.99. The first-order valence-electron chi connectivity index (χ1n) is 12.2. The van der Waals surface area contributed by atoms with Crippen LogP contribution in [-0.4, -0.2) is 69.5 Å². The van der Waals surface area contributed by atoms with Gasteiger partial charge in [-0.25, -0.2) is 0 Å². The quantitative estimate of drug-likeness (QED) is 0.379. The Morgan fingerprint density at radius 2 is 1.81 bits per heavy atom. The normalized spacial score (nSPS) is 18.7. The van der Waals surface area contributed by atoms with E-state index in [2.05, 4.69) is 34.6 Å². The van der Waals surface area contributed by atoms with Crippen LogP contribution in [0.25, 0.3) is 0 Å². The maximum absolute atomic E-state index is 9.57. The molecule has 2 aliphatic rings. The number of methoxy groups -OCH3 is 2. The lowest BCUT2D eigenvalue weighted by atomic mass is 9.72. The highest BCUT2D eigenvalue weighted by molar-refractivity contribution is 5.79. The number of aliphatic hydroxyl groups excluding tert-OH is 1. The van der Waals surface area contributed by atoms with E-state index in [0.717, 1.165) is 69.6 Å². The number of hydrogen-bond donors (Lipinski definition) is 3. The van der Waals surface area contributed by atoms with Crippen molar-refractivity contribution in [1.82, 2.24) is 15.5 Å². The van der Waals surface area contributed by atoms with Crippen molar-refractivity contribution in [3.8, 4) is 11.5 Å². The number of aliphatic imine (C=N–C) groups is 1. The smallest absolute Gasteiger partial charge is 0.191 e. The molecule has 7 nitrogen and oxygen atoms in total. The number of aliphatic hydroxyl groups is 1. The second kappa shape index (κ2) is 12.3. The average Bonchev–Trinajstić information content (AvgIpc) is 2.82. The average molecular weight is 447 g/mol. The van der Waals surface area contributed by atoms with E-state index in [-0.39, 0.29) is 12.0 Å². The summed E-state index contributed by atoms with van der Waals surface area (Å²) in [6.45, 7) is 7.76. The Kier molecular flexibility index (Phi) is 9.48. The van der Waals surface area contributed by atoms with Gasteiger partial charge in [0.1, 0.15) is 0 Å². The second-order valence-electron chi connectivity index (χ2n) is 9.16. The summed E-state index contributed by atoms with van der Waals surface area (Å²) in [5.41, 5.74) is 2.84. The number of nitrogens with one attached hydrogen (secondary N) is 2. The van der Waals surface area contributed by atoms with Gasteiger partial charge in [0.05, 0.1) is 14.2 Å². The van der Waals surface area contributed by atoms with Gasteiger partial charge in [0.25, 0.3) is 0 Å². The van der Waals surface area contributed by atoms with Crippen molar-refractivity contribution < 1.29 is 14.6 Å². The monoisotopic (exact) mass is 446 g/mol. The molecule has 0 atom stereocenters. The molecule has 3 N–H and O–H groups in total. The van der Waals surface area contributed by atoms with Crippen LogP contribution in [0.1, 0.15) is 56.6 Å². The summed E-state index contributed by atoms with van der Waals surface area (Å²) in [5, 5.41) is 16.5. The number of benzene rings is 1. The van der Waals surface area contributed by atoms with Gasteiger partial charge in [-0.2, -0.15) is 0 Å². The molecule has 0 unspecified atom stereocenters. The molecule has 1 aromatic rings. The minimum absolute atomic E-state index is 0.173. The molecular formula is C25H42N4O3. The van der Waals surface area contributed by atoms with Crippen LogP contribution < -0.4 is 20.1 Å². The topological polar surface area (TPSA) is 78.4 Å². The lowest BCUT2D eigenvalue weighted by Crippen LogP contribution is -2.43. The molecule has 0 spiro atoms. The molecule has 1 fully saturated rings. The van der Waals surface area contributed by atoms with Gasteiger partial charge in [0.2, 0.25) is 0 Å². The molecule has 0 aromatic heterocycles. The highest BCUT2D eigenvalue weighted by Gasteiger charge is 2.31. The standard InChI is InChI=1S/C25H42N4O3/c1-4-26-24(28-19-25(11-15-30)9-6-5-7-10-25)27-12-14-29-13-8-20-16-22(31-2)23(32-3)17-21(20)18-29/h16-17,30H,4-15,18-19H2,1-3H3,(H2,26,27,28). The molecule has 7 heteroatoms. The largest absolute Gasteiger partial charge is 0.493 e. The predicted octanol–water partition coefficient (Wildman–Crippen LogP) is 2.95. The molecule has 1 aliphatic heterocycles.